The standard InChI is InChI=1S/C11H18O3/c1-2-14-11(13)7-9-3-5-10(8-12)6-4-9/h8-10H,2-7H2,1H3/t9-,10-. The largest absolute Gasteiger partial charge is 0.466 e. The lowest BCUT2D eigenvalue weighted by molar-refractivity contribution is -0.144. The van der Waals surface area contributed by atoms with Crippen LogP contribution in [0.25, 0.3) is 0 Å². The van der Waals surface area contributed by atoms with Crippen LogP contribution in [0.3, 0.4) is 0 Å². The molecule has 1 aliphatic rings. The lowest BCUT2D eigenvalue weighted by atomic mass is 9.81. The van der Waals surface area contributed by atoms with Gasteiger partial charge in [-0.2, -0.15) is 0 Å². The number of rotatable bonds is 4. The third-order valence-electron chi connectivity index (χ3n) is 2.84. The van der Waals surface area contributed by atoms with Crippen LogP contribution in [0.1, 0.15) is 39.0 Å². The van der Waals surface area contributed by atoms with Crippen molar-refractivity contribution in [3.63, 3.8) is 0 Å². The van der Waals surface area contributed by atoms with Crippen molar-refractivity contribution in [2.75, 3.05) is 6.61 Å². The van der Waals surface area contributed by atoms with E-state index in [2.05, 4.69) is 0 Å². The van der Waals surface area contributed by atoms with E-state index < -0.39 is 0 Å². The first kappa shape index (κ1) is 11.2. The van der Waals surface area contributed by atoms with E-state index >= 15 is 0 Å². The molecule has 1 aliphatic carbocycles. The zero-order valence-corrected chi connectivity index (χ0v) is 8.70. The van der Waals surface area contributed by atoms with Gasteiger partial charge in [-0.1, -0.05) is 0 Å². The summed E-state index contributed by atoms with van der Waals surface area (Å²) in [4.78, 5) is 21.7. The van der Waals surface area contributed by atoms with Gasteiger partial charge < -0.3 is 9.53 Å². The van der Waals surface area contributed by atoms with Gasteiger partial charge in [0.25, 0.3) is 0 Å². The van der Waals surface area contributed by atoms with Crippen molar-refractivity contribution in [2.45, 2.75) is 39.0 Å². The number of hydrogen-bond acceptors (Lipinski definition) is 3. The molecule has 0 unspecified atom stereocenters. The van der Waals surface area contributed by atoms with Crippen molar-refractivity contribution < 1.29 is 14.3 Å². The van der Waals surface area contributed by atoms with E-state index in [4.69, 9.17) is 4.74 Å². The molecule has 0 aliphatic heterocycles. The van der Waals surface area contributed by atoms with Gasteiger partial charge in [0.05, 0.1) is 6.61 Å². The lowest BCUT2D eigenvalue weighted by Gasteiger charge is -2.24. The predicted octanol–water partition coefficient (Wildman–Crippen LogP) is 1.94. The lowest BCUT2D eigenvalue weighted by Crippen LogP contribution is -2.19. The molecule has 1 rings (SSSR count). The molecule has 0 spiro atoms. The number of aldehydes is 1. The van der Waals surface area contributed by atoms with Gasteiger partial charge in [-0.05, 0) is 38.5 Å². The monoisotopic (exact) mass is 198 g/mol. The molecule has 1 saturated carbocycles. The Morgan fingerprint density at radius 2 is 2.00 bits per heavy atom. The summed E-state index contributed by atoms with van der Waals surface area (Å²) in [5.74, 6) is 0.570. The average Bonchev–Trinajstić information content (AvgIpc) is 2.19. The zero-order chi connectivity index (χ0) is 10.4. The van der Waals surface area contributed by atoms with Crippen molar-refractivity contribution in [1.29, 1.82) is 0 Å². The Balaban J connectivity index is 2.21. The summed E-state index contributed by atoms with van der Waals surface area (Å²) in [7, 11) is 0. The Bertz CT molecular complexity index is 193. The molecule has 0 aromatic carbocycles. The van der Waals surface area contributed by atoms with Crippen LogP contribution in [0.5, 0.6) is 0 Å². The van der Waals surface area contributed by atoms with Crippen LogP contribution in [-0.2, 0) is 14.3 Å². The minimum atomic E-state index is -0.0953. The molecule has 80 valence electrons. The second-order valence-electron chi connectivity index (χ2n) is 3.93. The number of hydrogen-bond donors (Lipinski definition) is 0. The Hall–Kier alpha value is -0.860. The van der Waals surface area contributed by atoms with Crippen LogP contribution in [0, 0.1) is 11.8 Å². The number of carbonyl (C=O) groups excluding carboxylic acids is 2. The van der Waals surface area contributed by atoms with Crippen molar-refractivity contribution in [1.82, 2.24) is 0 Å². The molecule has 0 amide bonds. The van der Waals surface area contributed by atoms with E-state index in [1.165, 1.54) is 0 Å². The SMILES string of the molecule is CCOC(=O)C[C@H]1CC[C@H](C=O)CC1. The molecule has 14 heavy (non-hydrogen) atoms. The molecule has 0 saturated heterocycles. The van der Waals surface area contributed by atoms with E-state index in [1.807, 2.05) is 6.92 Å². The average molecular weight is 198 g/mol. The maximum absolute atomic E-state index is 11.2. The summed E-state index contributed by atoms with van der Waals surface area (Å²) in [6.45, 7) is 2.28. The van der Waals surface area contributed by atoms with Crippen LogP contribution in [-0.4, -0.2) is 18.9 Å². The second kappa shape index (κ2) is 5.78. The van der Waals surface area contributed by atoms with Gasteiger partial charge >= 0.3 is 5.97 Å². The Kier molecular flexibility index (Phi) is 4.63. The molecular formula is C11H18O3. The molecule has 0 radical (unpaired) electrons. The fourth-order valence-electron chi connectivity index (χ4n) is 1.98. The second-order valence-corrected chi connectivity index (χ2v) is 3.93. The highest BCUT2D eigenvalue weighted by molar-refractivity contribution is 5.69. The molecule has 0 atom stereocenters. The smallest absolute Gasteiger partial charge is 0.306 e. The van der Waals surface area contributed by atoms with E-state index in [9.17, 15) is 9.59 Å². The Morgan fingerprint density at radius 1 is 1.36 bits per heavy atom. The van der Waals surface area contributed by atoms with E-state index in [1.54, 1.807) is 0 Å². The maximum Gasteiger partial charge on any atom is 0.306 e. The molecule has 0 aromatic rings. The number of carbonyl (C=O) groups is 2. The van der Waals surface area contributed by atoms with Crippen LogP contribution in [0.4, 0.5) is 0 Å². The summed E-state index contributed by atoms with van der Waals surface area (Å²) in [6.07, 6.45) is 5.42. The van der Waals surface area contributed by atoms with Gasteiger partial charge in [0.2, 0.25) is 0 Å². The first-order valence-corrected chi connectivity index (χ1v) is 5.37. The normalized spacial score (nSPS) is 26.9. The van der Waals surface area contributed by atoms with E-state index in [0.29, 0.717) is 18.9 Å². The number of ether oxygens (including phenoxy) is 1. The Labute approximate surface area is 84.8 Å². The molecule has 3 nitrogen and oxygen atoms in total. The number of esters is 1. The van der Waals surface area contributed by atoms with Gasteiger partial charge in [0.15, 0.2) is 0 Å². The maximum atomic E-state index is 11.2. The first-order chi connectivity index (χ1) is 6.76. The van der Waals surface area contributed by atoms with Crippen molar-refractivity contribution in [3.05, 3.63) is 0 Å². The summed E-state index contributed by atoms with van der Waals surface area (Å²) in [5, 5.41) is 0. The molecule has 0 bridgehead atoms. The van der Waals surface area contributed by atoms with E-state index in [0.717, 1.165) is 32.0 Å². The first-order valence-electron chi connectivity index (χ1n) is 5.37. The van der Waals surface area contributed by atoms with Crippen molar-refractivity contribution in [2.24, 2.45) is 11.8 Å². The van der Waals surface area contributed by atoms with Gasteiger partial charge in [0.1, 0.15) is 6.29 Å². The van der Waals surface area contributed by atoms with Crippen molar-refractivity contribution in [3.8, 4) is 0 Å². The Morgan fingerprint density at radius 3 is 2.50 bits per heavy atom. The predicted molar refractivity (Wildman–Crippen MR) is 52.8 cm³/mol. The molecule has 1 fully saturated rings. The fraction of sp³-hybridized carbons (Fsp3) is 0.818. The fourth-order valence-corrected chi connectivity index (χ4v) is 1.98. The van der Waals surface area contributed by atoms with Gasteiger partial charge in [-0.3, -0.25) is 4.79 Å². The van der Waals surface area contributed by atoms with Crippen LogP contribution in [0.15, 0.2) is 0 Å². The third kappa shape index (κ3) is 3.48. The molecule has 0 aromatic heterocycles. The molecular weight excluding hydrogens is 180 g/mol. The molecule has 0 N–H and O–H groups in total. The molecule has 0 heterocycles. The quantitative estimate of drug-likeness (QED) is 0.512. The van der Waals surface area contributed by atoms with Crippen LogP contribution in [0.2, 0.25) is 0 Å². The summed E-state index contributed by atoms with van der Waals surface area (Å²) >= 11 is 0. The van der Waals surface area contributed by atoms with E-state index in [-0.39, 0.29) is 11.9 Å². The highest BCUT2D eigenvalue weighted by Gasteiger charge is 2.22. The summed E-state index contributed by atoms with van der Waals surface area (Å²) in [5.41, 5.74) is 0. The molecule has 3 heteroatoms. The summed E-state index contributed by atoms with van der Waals surface area (Å²) < 4.78 is 4.89. The third-order valence-corrected chi connectivity index (χ3v) is 2.84. The highest BCUT2D eigenvalue weighted by atomic mass is 16.5. The minimum absolute atomic E-state index is 0.0953. The van der Waals surface area contributed by atoms with Gasteiger partial charge in [0, 0.05) is 12.3 Å². The van der Waals surface area contributed by atoms with Crippen LogP contribution >= 0.6 is 0 Å². The topological polar surface area (TPSA) is 43.4 Å². The van der Waals surface area contributed by atoms with Gasteiger partial charge in [-0.25, -0.2) is 0 Å². The van der Waals surface area contributed by atoms with Crippen LogP contribution < -0.4 is 0 Å². The van der Waals surface area contributed by atoms with Crippen molar-refractivity contribution >= 4 is 12.3 Å². The highest BCUT2D eigenvalue weighted by Crippen LogP contribution is 2.29. The van der Waals surface area contributed by atoms with Gasteiger partial charge in [-0.15, -0.1) is 0 Å². The minimum Gasteiger partial charge on any atom is -0.466 e. The summed E-state index contributed by atoms with van der Waals surface area (Å²) in [6, 6.07) is 0. The zero-order valence-electron chi connectivity index (χ0n) is 8.70.